The maximum Gasteiger partial charge on any atom is 0.193 e. The SMILES string of the molecule is CN(C)C(=NCc1ccccc1)NCCC1CCCCO1.I. The van der Waals surface area contributed by atoms with E-state index in [1.165, 1.54) is 24.8 Å². The molecule has 1 fully saturated rings. The molecule has 0 saturated carbocycles. The molecular weight excluding hydrogens is 389 g/mol. The van der Waals surface area contributed by atoms with Gasteiger partial charge < -0.3 is 15.0 Å². The maximum atomic E-state index is 5.76. The molecule has 1 saturated heterocycles. The zero-order valence-corrected chi connectivity index (χ0v) is 16.0. The smallest absolute Gasteiger partial charge is 0.193 e. The molecule has 1 atom stereocenters. The second-order valence-corrected chi connectivity index (χ2v) is 5.72. The van der Waals surface area contributed by atoms with Gasteiger partial charge in [0.1, 0.15) is 0 Å². The monoisotopic (exact) mass is 417 g/mol. The zero-order valence-electron chi connectivity index (χ0n) is 13.6. The van der Waals surface area contributed by atoms with Crippen molar-refractivity contribution in [3.05, 3.63) is 35.9 Å². The molecule has 1 unspecified atom stereocenters. The lowest BCUT2D eigenvalue weighted by Crippen LogP contribution is -2.38. The zero-order chi connectivity index (χ0) is 14.9. The maximum absolute atomic E-state index is 5.76. The normalized spacial score (nSPS) is 18.5. The van der Waals surface area contributed by atoms with Crippen molar-refractivity contribution in [1.29, 1.82) is 0 Å². The Hall–Kier alpha value is -0.820. The van der Waals surface area contributed by atoms with Crippen LogP contribution >= 0.6 is 24.0 Å². The van der Waals surface area contributed by atoms with Gasteiger partial charge in [0.25, 0.3) is 0 Å². The van der Waals surface area contributed by atoms with Crippen LogP contribution in [0.2, 0.25) is 0 Å². The van der Waals surface area contributed by atoms with Gasteiger partial charge in [-0.15, -0.1) is 24.0 Å². The fraction of sp³-hybridized carbons (Fsp3) is 0.588. The Morgan fingerprint density at radius 3 is 2.68 bits per heavy atom. The molecule has 0 bridgehead atoms. The van der Waals surface area contributed by atoms with Crippen LogP contribution in [0.5, 0.6) is 0 Å². The van der Waals surface area contributed by atoms with Crippen molar-refractivity contribution >= 4 is 29.9 Å². The third kappa shape index (κ3) is 6.96. The van der Waals surface area contributed by atoms with Crippen LogP contribution in [-0.4, -0.2) is 44.2 Å². The Balaban J connectivity index is 0.00000242. The molecule has 1 aliphatic rings. The molecule has 0 aromatic heterocycles. The summed E-state index contributed by atoms with van der Waals surface area (Å²) in [7, 11) is 4.04. The van der Waals surface area contributed by atoms with Crippen LogP contribution < -0.4 is 5.32 Å². The number of benzene rings is 1. The lowest BCUT2D eigenvalue weighted by molar-refractivity contribution is 0.0121. The van der Waals surface area contributed by atoms with Gasteiger partial charge in [0, 0.05) is 27.2 Å². The number of guanidine groups is 1. The van der Waals surface area contributed by atoms with Gasteiger partial charge in [-0.1, -0.05) is 30.3 Å². The van der Waals surface area contributed by atoms with Gasteiger partial charge in [-0.05, 0) is 31.2 Å². The average Bonchev–Trinajstić information content (AvgIpc) is 2.52. The Kier molecular flexibility index (Phi) is 9.47. The highest BCUT2D eigenvalue weighted by Gasteiger charge is 2.13. The standard InChI is InChI=1S/C17H27N3O.HI/c1-20(2)17(19-14-15-8-4-3-5-9-15)18-12-11-16-10-6-7-13-21-16;/h3-5,8-9,16H,6-7,10-14H2,1-2H3,(H,18,19);1H. The van der Waals surface area contributed by atoms with E-state index in [-0.39, 0.29) is 24.0 Å². The van der Waals surface area contributed by atoms with Gasteiger partial charge in [0.2, 0.25) is 0 Å². The van der Waals surface area contributed by atoms with Crippen molar-refractivity contribution in [2.75, 3.05) is 27.2 Å². The van der Waals surface area contributed by atoms with E-state index in [1.807, 2.05) is 37.2 Å². The Bertz CT molecular complexity index is 431. The first-order chi connectivity index (χ1) is 10.3. The van der Waals surface area contributed by atoms with E-state index in [2.05, 4.69) is 22.4 Å². The Morgan fingerprint density at radius 1 is 1.27 bits per heavy atom. The van der Waals surface area contributed by atoms with Crippen molar-refractivity contribution in [3.8, 4) is 0 Å². The predicted octanol–water partition coefficient (Wildman–Crippen LogP) is 3.27. The summed E-state index contributed by atoms with van der Waals surface area (Å²) in [5, 5.41) is 3.43. The lowest BCUT2D eigenvalue weighted by Gasteiger charge is -2.24. The van der Waals surface area contributed by atoms with E-state index in [1.54, 1.807) is 0 Å². The molecule has 1 heterocycles. The minimum Gasteiger partial charge on any atom is -0.378 e. The van der Waals surface area contributed by atoms with Gasteiger partial charge in [-0.3, -0.25) is 0 Å². The lowest BCUT2D eigenvalue weighted by atomic mass is 10.1. The van der Waals surface area contributed by atoms with Crippen molar-refractivity contribution in [2.24, 2.45) is 4.99 Å². The molecule has 4 nitrogen and oxygen atoms in total. The van der Waals surface area contributed by atoms with Gasteiger partial charge in [-0.2, -0.15) is 0 Å². The molecule has 1 aliphatic heterocycles. The first-order valence-electron chi connectivity index (χ1n) is 7.87. The first kappa shape index (κ1) is 19.2. The number of hydrogen-bond acceptors (Lipinski definition) is 2. The van der Waals surface area contributed by atoms with Crippen LogP contribution in [0, 0.1) is 0 Å². The summed E-state index contributed by atoms with van der Waals surface area (Å²) >= 11 is 0. The Morgan fingerprint density at radius 2 is 2.05 bits per heavy atom. The summed E-state index contributed by atoms with van der Waals surface area (Å²) in [5.74, 6) is 0.940. The van der Waals surface area contributed by atoms with Crippen molar-refractivity contribution in [2.45, 2.75) is 38.3 Å². The molecule has 2 rings (SSSR count). The fourth-order valence-corrected chi connectivity index (χ4v) is 2.49. The number of rotatable bonds is 5. The van der Waals surface area contributed by atoms with E-state index < -0.39 is 0 Å². The number of hydrogen-bond donors (Lipinski definition) is 1. The molecule has 1 aromatic rings. The van der Waals surface area contributed by atoms with Gasteiger partial charge >= 0.3 is 0 Å². The second kappa shape index (κ2) is 10.8. The molecular formula is C17H28IN3O. The number of halogens is 1. The summed E-state index contributed by atoms with van der Waals surface area (Å²) in [6.07, 6.45) is 5.18. The molecule has 0 aliphatic carbocycles. The topological polar surface area (TPSA) is 36.9 Å². The van der Waals surface area contributed by atoms with E-state index in [4.69, 9.17) is 4.74 Å². The summed E-state index contributed by atoms with van der Waals surface area (Å²) in [6.45, 7) is 2.55. The number of nitrogens with one attached hydrogen (secondary N) is 1. The third-order valence-electron chi connectivity index (χ3n) is 3.70. The quantitative estimate of drug-likeness (QED) is 0.454. The Labute approximate surface area is 151 Å². The predicted molar refractivity (Wildman–Crippen MR) is 103 cm³/mol. The molecule has 124 valence electrons. The van der Waals surface area contributed by atoms with Crippen LogP contribution in [0.4, 0.5) is 0 Å². The van der Waals surface area contributed by atoms with Crippen molar-refractivity contribution in [1.82, 2.24) is 10.2 Å². The first-order valence-corrected chi connectivity index (χ1v) is 7.87. The average molecular weight is 417 g/mol. The van der Waals surface area contributed by atoms with Gasteiger partial charge in [0.05, 0.1) is 12.6 Å². The second-order valence-electron chi connectivity index (χ2n) is 5.72. The molecule has 22 heavy (non-hydrogen) atoms. The molecule has 1 aromatic carbocycles. The van der Waals surface area contributed by atoms with Crippen molar-refractivity contribution in [3.63, 3.8) is 0 Å². The van der Waals surface area contributed by atoms with E-state index in [9.17, 15) is 0 Å². The summed E-state index contributed by atoms with van der Waals surface area (Å²) in [6, 6.07) is 10.3. The molecule has 0 spiro atoms. The highest BCUT2D eigenvalue weighted by Crippen LogP contribution is 2.14. The summed E-state index contributed by atoms with van der Waals surface area (Å²) < 4.78 is 5.76. The summed E-state index contributed by atoms with van der Waals surface area (Å²) in [4.78, 5) is 6.70. The van der Waals surface area contributed by atoms with E-state index in [0.717, 1.165) is 25.5 Å². The molecule has 0 radical (unpaired) electrons. The van der Waals surface area contributed by atoms with E-state index in [0.29, 0.717) is 12.6 Å². The highest BCUT2D eigenvalue weighted by atomic mass is 127. The van der Waals surface area contributed by atoms with Crippen LogP contribution in [0.15, 0.2) is 35.3 Å². The van der Waals surface area contributed by atoms with Crippen LogP contribution in [0.1, 0.15) is 31.2 Å². The molecule has 0 amide bonds. The largest absolute Gasteiger partial charge is 0.378 e. The number of ether oxygens (including phenoxy) is 1. The number of aliphatic imine (C=N–C) groups is 1. The minimum absolute atomic E-state index is 0. The van der Waals surface area contributed by atoms with Crippen LogP contribution in [0.3, 0.4) is 0 Å². The minimum atomic E-state index is 0. The number of nitrogens with zero attached hydrogens (tertiary/aromatic N) is 2. The summed E-state index contributed by atoms with van der Waals surface area (Å²) in [5.41, 5.74) is 1.23. The van der Waals surface area contributed by atoms with E-state index >= 15 is 0 Å². The molecule has 1 N–H and O–H groups in total. The highest BCUT2D eigenvalue weighted by molar-refractivity contribution is 14.0. The van der Waals surface area contributed by atoms with Gasteiger partial charge in [0.15, 0.2) is 5.96 Å². The third-order valence-corrected chi connectivity index (χ3v) is 3.70. The van der Waals surface area contributed by atoms with Gasteiger partial charge in [-0.25, -0.2) is 4.99 Å². The van der Waals surface area contributed by atoms with Crippen molar-refractivity contribution < 1.29 is 4.74 Å². The fourth-order valence-electron chi connectivity index (χ4n) is 2.49. The molecule has 5 heteroatoms. The van der Waals surface area contributed by atoms with Crippen LogP contribution in [-0.2, 0) is 11.3 Å². The van der Waals surface area contributed by atoms with Crippen LogP contribution in [0.25, 0.3) is 0 Å².